The summed E-state index contributed by atoms with van der Waals surface area (Å²) in [6, 6.07) is 0. The molecular formula is C13H16N6OS. The molecule has 0 aliphatic rings. The van der Waals surface area contributed by atoms with E-state index in [-0.39, 0.29) is 6.61 Å². The third kappa shape index (κ3) is 2.72. The molecule has 0 fully saturated rings. The number of nitrogens with zero attached hydrogens (tertiary/aromatic N) is 6. The van der Waals surface area contributed by atoms with Crippen LogP contribution in [0.5, 0.6) is 0 Å². The van der Waals surface area contributed by atoms with Gasteiger partial charge in [-0.3, -0.25) is 0 Å². The highest BCUT2D eigenvalue weighted by atomic mass is 32.1. The van der Waals surface area contributed by atoms with Gasteiger partial charge in [-0.15, -0.1) is 11.3 Å². The van der Waals surface area contributed by atoms with Gasteiger partial charge < -0.3 is 10.0 Å². The van der Waals surface area contributed by atoms with E-state index in [1.807, 2.05) is 20.2 Å². The van der Waals surface area contributed by atoms with Gasteiger partial charge in [0.1, 0.15) is 12.1 Å². The highest BCUT2D eigenvalue weighted by Crippen LogP contribution is 2.24. The Morgan fingerprint density at radius 2 is 2.14 bits per heavy atom. The minimum atomic E-state index is 0.0338. The molecule has 21 heavy (non-hydrogen) atoms. The van der Waals surface area contributed by atoms with Crippen LogP contribution in [0.2, 0.25) is 0 Å². The lowest BCUT2D eigenvalue weighted by Gasteiger charge is -2.17. The predicted molar refractivity (Wildman–Crippen MR) is 81.4 cm³/mol. The van der Waals surface area contributed by atoms with Crippen molar-refractivity contribution in [3.05, 3.63) is 28.6 Å². The Balaban J connectivity index is 1.92. The monoisotopic (exact) mass is 304 g/mol. The van der Waals surface area contributed by atoms with E-state index in [1.54, 1.807) is 22.2 Å². The Hall–Kier alpha value is -2.06. The molecule has 1 N–H and O–H groups in total. The molecule has 0 aromatic carbocycles. The number of thiazole rings is 1. The average molecular weight is 304 g/mol. The van der Waals surface area contributed by atoms with Gasteiger partial charge in [0.2, 0.25) is 0 Å². The van der Waals surface area contributed by atoms with Gasteiger partial charge in [-0.05, 0) is 6.92 Å². The van der Waals surface area contributed by atoms with Crippen LogP contribution in [0, 0.1) is 6.92 Å². The minimum absolute atomic E-state index is 0.0338. The first-order valence-corrected chi connectivity index (χ1v) is 7.40. The summed E-state index contributed by atoms with van der Waals surface area (Å²) in [4.78, 5) is 16.1. The zero-order chi connectivity index (χ0) is 14.8. The molecule has 0 saturated carbocycles. The van der Waals surface area contributed by atoms with Gasteiger partial charge in [-0.2, -0.15) is 5.10 Å². The van der Waals surface area contributed by atoms with Gasteiger partial charge in [0.05, 0.1) is 36.3 Å². The number of hydrogen-bond donors (Lipinski definition) is 1. The molecule has 0 spiro atoms. The molecule has 0 amide bonds. The summed E-state index contributed by atoms with van der Waals surface area (Å²) in [5, 5.41) is 15.3. The number of rotatable bonds is 5. The van der Waals surface area contributed by atoms with Crippen LogP contribution in [-0.2, 0) is 13.1 Å². The normalized spacial score (nSPS) is 11.2. The summed E-state index contributed by atoms with van der Waals surface area (Å²) < 4.78 is 1.69. The van der Waals surface area contributed by atoms with Crippen LogP contribution in [0.4, 0.5) is 5.82 Å². The second-order valence-corrected chi connectivity index (χ2v) is 6.05. The van der Waals surface area contributed by atoms with Crippen LogP contribution in [0.15, 0.2) is 18.7 Å². The fourth-order valence-corrected chi connectivity index (χ4v) is 3.08. The fraction of sp³-hybridized carbons (Fsp3) is 0.385. The van der Waals surface area contributed by atoms with Gasteiger partial charge in [0.25, 0.3) is 0 Å². The topological polar surface area (TPSA) is 80.0 Å². The van der Waals surface area contributed by atoms with E-state index < -0.39 is 0 Å². The van der Waals surface area contributed by atoms with Gasteiger partial charge >= 0.3 is 0 Å². The summed E-state index contributed by atoms with van der Waals surface area (Å²) in [6.45, 7) is 3.20. The summed E-state index contributed by atoms with van der Waals surface area (Å²) in [7, 11) is 1.99. The molecular weight excluding hydrogens is 288 g/mol. The number of aryl methyl sites for hydroxylation is 1. The third-order valence-corrected chi connectivity index (χ3v) is 4.05. The van der Waals surface area contributed by atoms with Crippen molar-refractivity contribution in [1.82, 2.24) is 24.7 Å². The van der Waals surface area contributed by atoms with Gasteiger partial charge in [0, 0.05) is 18.1 Å². The molecule has 3 heterocycles. The maximum Gasteiger partial charge on any atom is 0.163 e. The van der Waals surface area contributed by atoms with Crippen molar-refractivity contribution < 1.29 is 5.11 Å². The van der Waals surface area contributed by atoms with E-state index in [2.05, 4.69) is 25.0 Å². The molecule has 0 aliphatic carbocycles. The predicted octanol–water partition coefficient (Wildman–Crippen LogP) is 1.22. The highest BCUT2D eigenvalue weighted by molar-refractivity contribution is 7.11. The van der Waals surface area contributed by atoms with Crippen molar-refractivity contribution in [3.8, 4) is 0 Å². The molecule has 0 atom stereocenters. The van der Waals surface area contributed by atoms with Crippen molar-refractivity contribution >= 4 is 28.2 Å². The Morgan fingerprint density at radius 3 is 2.86 bits per heavy atom. The SMILES string of the molecule is Cc1ncc(CN(C)c2ncnc3c2cnn3CCO)s1. The molecule has 0 aliphatic heterocycles. The van der Waals surface area contributed by atoms with Crippen molar-refractivity contribution in [3.63, 3.8) is 0 Å². The molecule has 0 bridgehead atoms. The minimum Gasteiger partial charge on any atom is -0.394 e. The first-order chi connectivity index (χ1) is 10.2. The molecule has 0 radical (unpaired) electrons. The van der Waals surface area contributed by atoms with Gasteiger partial charge in [-0.25, -0.2) is 19.6 Å². The molecule has 7 nitrogen and oxygen atoms in total. The van der Waals surface area contributed by atoms with Crippen LogP contribution in [-0.4, -0.2) is 43.5 Å². The summed E-state index contributed by atoms with van der Waals surface area (Å²) in [5.41, 5.74) is 0.737. The van der Waals surface area contributed by atoms with Crippen molar-refractivity contribution in [2.24, 2.45) is 0 Å². The highest BCUT2D eigenvalue weighted by Gasteiger charge is 2.13. The first kappa shape index (κ1) is 13.9. The number of aliphatic hydroxyl groups excluding tert-OH is 1. The third-order valence-electron chi connectivity index (χ3n) is 3.15. The van der Waals surface area contributed by atoms with Gasteiger partial charge in [-0.1, -0.05) is 0 Å². The standard InChI is InChI=1S/C13H16N6OS/c1-9-14-5-10(21-9)7-18(2)12-11-6-17-19(3-4-20)13(11)16-8-15-12/h5-6,8,20H,3-4,7H2,1-2H3. The first-order valence-electron chi connectivity index (χ1n) is 6.59. The lowest BCUT2D eigenvalue weighted by molar-refractivity contribution is 0.271. The molecule has 0 unspecified atom stereocenters. The lowest BCUT2D eigenvalue weighted by Crippen LogP contribution is -2.17. The van der Waals surface area contributed by atoms with Crippen LogP contribution in [0.25, 0.3) is 11.0 Å². The van der Waals surface area contributed by atoms with E-state index >= 15 is 0 Å². The molecule has 0 saturated heterocycles. The summed E-state index contributed by atoms with van der Waals surface area (Å²) in [6.07, 6.45) is 5.17. The largest absolute Gasteiger partial charge is 0.394 e. The van der Waals surface area contributed by atoms with E-state index in [0.29, 0.717) is 6.54 Å². The molecule has 3 rings (SSSR count). The van der Waals surface area contributed by atoms with E-state index in [1.165, 1.54) is 11.2 Å². The Bertz CT molecular complexity index is 752. The lowest BCUT2D eigenvalue weighted by atomic mass is 10.3. The maximum absolute atomic E-state index is 9.05. The second-order valence-electron chi connectivity index (χ2n) is 4.73. The molecule has 8 heteroatoms. The molecule has 3 aromatic rings. The van der Waals surface area contributed by atoms with Crippen molar-refractivity contribution in [2.45, 2.75) is 20.0 Å². The molecule has 3 aromatic heterocycles. The zero-order valence-corrected chi connectivity index (χ0v) is 12.7. The van der Waals surface area contributed by atoms with E-state index in [0.717, 1.165) is 28.4 Å². The van der Waals surface area contributed by atoms with E-state index in [9.17, 15) is 0 Å². The number of aliphatic hydroxyl groups is 1. The molecule has 110 valence electrons. The van der Waals surface area contributed by atoms with Crippen molar-refractivity contribution in [2.75, 3.05) is 18.6 Å². The Labute approximate surface area is 125 Å². The van der Waals surface area contributed by atoms with Crippen LogP contribution >= 0.6 is 11.3 Å². The fourth-order valence-electron chi connectivity index (χ4n) is 2.23. The number of hydrogen-bond acceptors (Lipinski definition) is 7. The van der Waals surface area contributed by atoms with Crippen LogP contribution in [0.3, 0.4) is 0 Å². The van der Waals surface area contributed by atoms with Crippen LogP contribution in [0.1, 0.15) is 9.88 Å². The summed E-state index contributed by atoms with van der Waals surface area (Å²) in [5.74, 6) is 0.829. The Morgan fingerprint density at radius 1 is 1.29 bits per heavy atom. The number of aromatic nitrogens is 5. The average Bonchev–Trinajstić information content (AvgIpc) is 3.06. The smallest absolute Gasteiger partial charge is 0.163 e. The zero-order valence-electron chi connectivity index (χ0n) is 11.9. The summed E-state index contributed by atoms with van der Waals surface area (Å²) >= 11 is 1.68. The van der Waals surface area contributed by atoms with Crippen molar-refractivity contribution in [1.29, 1.82) is 0 Å². The van der Waals surface area contributed by atoms with Crippen LogP contribution < -0.4 is 4.90 Å². The number of fused-ring (bicyclic) bond motifs is 1. The number of anilines is 1. The quantitative estimate of drug-likeness (QED) is 0.763. The second kappa shape index (κ2) is 5.74. The maximum atomic E-state index is 9.05. The van der Waals surface area contributed by atoms with Gasteiger partial charge in [0.15, 0.2) is 5.65 Å². The van der Waals surface area contributed by atoms with E-state index in [4.69, 9.17) is 5.11 Å². The Kier molecular flexibility index (Phi) is 3.80.